The predicted molar refractivity (Wildman–Crippen MR) is 101 cm³/mol. The van der Waals surface area contributed by atoms with Crippen LogP contribution in [0, 0.1) is 11.7 Å². The molecule has 2 aliphatic rings. The van der Waals surface area contributed by atoms with Gasteiger partial charge in [0.2, 0.25) is 5.91 Å². The summed E-state index contributed by atoms with van der Waals surface area (Å²) in [5, 5.41) is 3.96. The normalized spacial score (nSPS) is 25.8. The van der Waals surface area contributed by atoms with Crippen LogP contribution in [-0.4, -0.2) is 31.2 Å². The summed E-state index contributed by atoms with van der Waals surface area (Å²) < 4.78 is 18.6. The lowest BCUT2D eigenvalue weighted by Gasteiger charge is -2.36. The maximum Gasteiger partial charge on any atom is 0.237 e. The smallest absolute Gasteiger partial charge is 0.237 e. The molecular formula is C20H28ClFN2O2. The second kappa shape index (κ2) is 8.68. The Hall–Kier alpha value is -1.17. The SMILES string of the molecule is NC(=O)C1(NCC[C@H]2CC[C@@H](c3ccc(F)cc3Cl)CC2)CCOCC1. The van der Waals surface area contributed by atoms with Gasteiger partial charge in [-0.05, 0) is 81.0 Å². The Kier molecular flexibility index (Phi) is 6.54. The Balaban J connectivity index is 1.46. The highest BCUT2D eigenvalue weighted by Crippen LogP contribution is 2.39. The van der Waals surface area contributed by atoms with E-state index in [0.717, 1.165) is 44.2 Å². The number of carbonyl (C=O) groups is 1. The molecule has 0 bridgehead atoms. The number of rotatable bonds is 6. The van der Waals surface area contributed by atoms with Crippen LogP contribution in [0.15, 0.2) is 18.2 Å². The zero-order valence-electron chi connectivity index (χ0n) is 15.1. The Labute approximate surface area is 159 Å². The molecule has 1 aliphatic heterocycles. The van der Waals surface area contributed by atoms with Crippen molar-refractivity contribution in [3.05, 3.63) is 34.6 Å². The fourth-order valence-electron chi connectivity index (χ4n) is 4.34. The van der Waals surface area contributed by atoms with Crippen molar-refractivity contribution in [2.24, 2.45) is 11.7 Å². The molecule has 1 aromatic rings. The van der Waals surface area contributed by atoms with Crippen molar-refractivity contribution >= 4 is 17.5 Å². The zero-order valence-corrected chi connectivity index (χ0v) is 15.9. The number of nitrogens with two attached hydrogens (primary N) is 1. The van der Waals surface area contributed by atoms with Crippen molar-refractivity contribution in [3.63, 3.8) is 0 Å². The molecule has 6 heteroatoms. The van der Waals surface area contributed by atoms with Crippen LogP contribution in [-0.2, 0) is 9.53 Å². The number of ether oxygens (including phenoxy) is 1. The number of hydrogen-bond acceptors (Lipinski definition) is 3. The van der Waals surface area contributed by atoms with E-state index in [2.05, 4.69) is 5.32 Å². The molecule has 3 rings (SSSR count). The molecule has 0 spiro atoms. The van der Waals surface area contributed by atoms with Crippen molar-refractivity contribution in [2.75, 3.05) is 19.8 Å². The summed E-state index contributed by atoms with van der Waals surface area (Å²) in [5.74, 6) is 0.507. The van der Waals surface area contributed by atoms with Crippen molar-refractivity contribution in [1.29, 1.82) is 0 Å². The van der Waals surface area contributed by atoms with Gasteiger partial charge >= 0.3 is 0 Å². The minimum atomic E-state index is -0.600. The van der Waals surface area contributed by atoms with Crippen LogP contribution in [0.3, 0.4) is 0 Å². The van der Waals surface area contributed by atoms with Gasteiger partial charge in [-0.1, -0.05) is 17.7 Å². The van der Waals surface area contributed by atoms with Crippen LogP contribution in [0.1, 0.15) is 56.4 Å². The average Bonchev–Trinajstić information content (AvgIpc) is 2.63. The monoisotopic (exact) mass is 382 g/mol. The molecule has 0 unspecified atom stereocenters. The number of carbonyl (C=O) groups excluding carboxylic acids is 1. The lowest BCUT2D eigenvalue weighted by atomic mass is 9.77. The molecule has 1 aromatic carbocycles. The van der Waals surface area contributed by atoms with Gasteiger partial charge in [0, 0.05) is 18.2 Å². The van der Waals surface area contributed by atoms with Crippen LogP contribution in [0.5, 0.6) is 0 Å². The molecular weight excluding hydrogens is 355 g/mol. The quantitative estimate of drug-likeness (QED) is 0.787. The van der Waals surface area contributed by atoms with Gasteiger partial charge < -0.3 is 15.8 Å². The highest BCUT2D eigenvalue weighted by Gasteiger charge is 2.38. The number of primary amides is 1. The third-order valence-electron chi connectivity index (χ3n) is 6.08. The lowest BCUT2D eigenvalue weighted by molar-refractivity contribution is -0.128. The summed E-state index contributed by atoms with van der Waals surface area (Å²) >= 11 is 6.21. The molecule has 0 atom stereocenters. The lowest BCUT2D eigenvalue weighted by Crippen LogP contribution is -2.58. The van der Waals surface area contributed by atoms with Crippen LogP contribution in [0.25, 0.3) is 0 Å². The number of benzene rings is 1. The van der Waals surface area contributed by atoms with Crippen LogP contribution in [0.4, 0.5) is 4.39 Å². The first-order valence-corrected chi connectivity index (χ1v) is 9.95. The molecule has 0 aromatic heterocycles. The molecule has 3 N–H and O–H groups in total. The first kappa shape index (κ1) is 19.6. The van der Waals surface area contributed by atoms with E-state index in [1.165, 1.54) is 12.1 Å². The maximum absolute atomic E-state index is 13.2. The molecule has 1 saturated heterocycles. The highest BCUT2D eigenvalue weighted by atomic mass is 35.5. The summed E-state index contributed by atoms with van der Waals surface area (Å²) in [5.41, 5.74) is 6.10. The molecule has 2 fully saturated rings. The fraction of sp³-hybridized carbons (Fsp3) is 0.650. The molecule has 26 heavy (non-hydrogen) atoms. The number of amides is 1. The van der Waals surface area contributed by atoms with Gasteiger partial charge in [0.15, 0.2) is 0 Å². The molecule has 1 amide bonds. The van der Waals surface area contributed by atoms with E-state index in [1.54, 1.807) is 0 Å². The molecule has 1 heterocycles. The van der Waals surface area contributed by atoms with E-state index in [1.807, 2.05) is 6.07 Å². The molecule has 4 nitrogen and oxygen atoms in total. The van der Waals surface area contributed by atoms with Gasteiger partial charge in [0.05, 0.1) is 0 Å². The zero-order chi connectivity index (χ0) is 18.6. The van der Waals surface area contributed by atoms with E-state index < -0.39 is 5.54 Å². The molecule has 144 valence electrons. The summed E-state index contributed by atoms with van der Waals surface area (Å²) in [7, 11) is 0. The Morgan fingerprint density at radius 1 is 1.27 bits per heavy atom. The Morgan fingerprint density at radius 2 is 1.96 bits per heavy atom. The van der Waals surface area contributed by atoms with Crippen molar-refractivity contribution in [3.8, 4) is 0 Å². The van der Waals surface area contributed by atoms with E-state index >= 15 is 0 Å². The van der Waals surface area contributed by atoms with Gasteiger partial charge in [-0.15, -0.1) is 0 Å². The summed E-state index contributed by atoms with van der Waals surface area (Å²) in [6, 6.07) is 4.73. The van der Waals surface area contributed by atoms with E-state index in [0.29, 0.717) is 42.9 Å². The molecule has 1 saturated carbocycles. The summed E-state index contributed by atoms with van der Waals surface area (Å²) in [4.78, 5) is 11.9. The Morgan fingerprint density at radius 3 is 2.58 bits per heavy atom. The van der Waals surface area contributed by atoms with E-state index in [9.17, 15) is 9.18 Å². The first-order chi connectivity index (χ1) is 12.5. The van der Waals surface area contributed by atoms with E-state index in [-0.39, 0.29) is 11.7 Å². The Bertz CT molecular complexity index is 626. The van der Waals surface area contributed by atoms with Gasteiger partial charge in [0.1, 0.15) is 11.4 Å². The second-order valence-electron chi connectivity index (χ2n) is 7.66. The van der Waals surface area contributed by atoms with E-state index in [4.69, 9.17) is 22.1 Å². The number of halogens is 2. The highest BCUT2D eigenvalue weighted by molar-refractivity contribution is 6.31. The maximum atomic E-state index is 13.2. The number of nitrogens with one attached hydrogen (secondary N) is 1. The van der Waals surface area contributed by atoms with Crippen LogP contribution in [0.2, 0.25) is 5.02 Å². The van der Waals surface area contributed by atoms with Gasteiger partial charge in [-0.3, -0.25) is 4.79 Å². The first-order valence-electron chi connectivity index (χ1n) is 9.58. The summed E-state index contributed by atoms with van der Waals surface area (Å²) in [6.07, 6.45) is 6.76. The minimum Gasteiger partial charge on any atom is -0.381 e. The topological polar surface area (TPSA) is 64.4 Å². The third kappa shape index (κ3) is 4.56. The van der Waals surface area contributed by atoms with Gasteiger partial charge in [-0.25, -0.2) is 4.39 Å². The molecule has 0 radical (unpaired) electrons. The standard InChI is InChI=1S/C20H28ClFN2O2/c21-18-13-16(22)5-6-17(18)15-3-1-14(2-4-15)7-10-24-20(19(23)25)8-11-26-12-9-20/h5-6,13-15,24H,1-4,7-12H2,(H2,23,25)/t14-,15+. The number of hydrogen-bond donors (Lipinski definition) is 2. The second-order valence-corrected chi connectivity index (χ2v) is 8.06. The third-order valence-corrected chi connectivity index (χ3v) is 6.41. The van der Waals surface area contributed by atoms with Crippen LogP contribution >= 0.6 is 11.6 Å². The van der Waals surface area contributed by atoms with Crippen molar-refractivity contribution in [1.82, 2.24) is 5.32 Å². The predicted octanol–water partition coefficient (Wildman–Crippen LogP) is 3.77. The van der Waals surface area contributed by atoms with Crippen LogP contribution < -0.4 is 11.1 Å². The van der Waals surface area contributed by atoms with Gasteiger partial charge in [0.25, 0.3) is 0 Å². The molecule has 1 aliphatic carbocycles. The fourth-order valence-corrected chi connectivity index (χ4v) is 4.66. The minimum absolute atomic E-state index is 0.268. The van der Waals surface area contributed by atoms with Gasteiger partial charge in [-0.2, -0.15) is 0 Å². The largest absolute Gasteiger partial charge is 0.381 e. The average molecular weight is 383 g/mol. The van der Waals surface area contributed by atoms with Crippen molar-refractivity contribution in [2.45, 2.75) is 56.4 Å². The van der Waals surface area contributed by atoms with Crippen molar-refractivity contribution < 1.29 is 13.9 Å². The summed E-state index contributed by atoms with van der Waals surface area (Å²) in [6.45, 7) is 1.97.